The number of aliphatic imine (C=N–C) groups is 1. The van der Waals surface area contributed by atoms with Crippen molar-refractivity contribution in [2.75, 3.05) is 0 Å². The second kappa shape index (κ2) is 11.2. The van der Waals surface area contributed by atoms with E-state index in [2.05, 4.69) is 164 Å². The number of fused-ring (bicyclic) bond motifs is 13. The van der Waals surface area contributed by atoms with Crippen LogP contribution in [-0.4, -0.2) is 5.71 Å². The second-order valence-electron chi connectivity index (χ2n) is 14.6. The molecule has 0 fully saturated rings. The van der Waals surface area contributed by atoms with Gasteiger partial charge in [0.05, 0.1) is 11.4 Å². The van der Waals surface area contributed by atoms with Crippen LogP contribution < -0.4 is 0 Å². The Morgan fingerprint density at radius 3 is 1.96 bits per heavy atom. The Bertz CT molecular complexity index is 2590. The van der Waals surface area contributed by atoms with Crippen LogP contribution in [0.3, 0.4) is 0 Å². The summed E-state index contributed by atoms with van der Waals surface area (Å²) < 4.78 is 0. The summed E-state index contributed by atoms with van der Waals surface area (Å²) in [6.07, 6.45) is 5.29. The number of hydrogen-bond acceptors (Lipinski definition) is 1. The molecule has 3 aliphatic carbocycles. The highest BCUT2D eigenvalue weighted by Gasteiger charge is 2.34. The highest BCUT2D eigenvalue weighted by atomic mass is 14.8. The molecule has 7 aromatic rings. The molecular weight excluding hydrogens is 615 g/mol. The molecule has 0 amide bonds. The van der Waals surface area contributed by atoms with Crippen LogP contribution in [0.1, 0.15) is 61.9 Å². The monoisotopic (exact) mass is 649 g/mol. The van der Waals surface area contributed by atoms with Gasteiger partial charge < -0.3 is 0 Å². The van der Waals surface area contributed by atoms with E-state index in [1.165, 1.54) is 94.7 Å². The lowest BCUT2D eigenvalue weighted by Gasteiger charge is -2.23. The van der Waals surface area contributed by atoms with Gasteiger partial charge in [-0.05, 0) is 115 Å². The van der Waals surface area contributed by atoms with Crippen LogP contribution in [0.25, 0.3) is 45.0 Å². The average Bonchev–Trinajstić information content (AvgIpc) is 3.66. The maximum absolute atomic E-state index is 5.32. The lowest BCUT2D eigenvalue weighted by Crippen LogP contribution is -2.11. The first-order chi connectivity index (χ1) is 25.3. The summed E-state index contributed by atoms with van der Waals surface area (Å²) in [6.45, 7) is 0. The Morgan fingerprint density at radius 2 is 1.16 bits per heavy atom. The van der Waals surface area contributed by atoms with Gasteiger partial charge in [0.15, 0.2) is 0 Å². The van der Waals surface area contributed by atoms with Gasteiger partial charge >= 0.3 is 0 Å². The van der Waals surface area contributed by atoms with Gasteiger partial charge in [0.2, 0.25) is 0 Å². The molecule has 0 saturated heterocycles. The van der Waals surface area contributed by atoms with Crippen LogP contribution in [0.2, 0.25) is 0 Å². The van der Waals surface area contributed by atoms with Gasteiger partial charge in [-0.15, -0.1) is 0 Å². The zero-order valence-corrected chi connectivity index (χ0v) is 28.3. The molecule has 4 aliphatic rings. The normalized spacial score (nSPS) is 16.8. The molecule has 0 saturated carbocycles. The smallest absolute Gasteiger partial charge is 0.0672 e. The van der Waals surface area contributed by atoms with Crippen LogP contribution in [0.15, 0.2) is 163 Å². The van der Waals surface area contributed by atoms with Crippen LogP contribution in [0.5, 0.6) is 0 Å². The third-order valence-electron chi connectivity index (χ3n) is 11.8. The van der Waals surface area contributed by atoms with Crippen LogP contribution >= 0.6 is 0 Å². The van der Waals surface area contributed by atoms with E-state index < -0.39 is 0 Å². The summed E-state index contributed by atoms with van der Waals surface area (Å²) in [7, 11) is 0. The van der Waals surface area contributed by atoms with E-state index in [1.54, 1.807) is 0 Å². The Kier molecular flexibility index (Phi) is 6.33. The van der Waals surface area contributed by atoms with Gasteiger partial charge in [-0.25, -0.2) is 0 Å². The summed E-state index contributed by atoms with van der Waals surface area (Å²) in [5, 5.41) is 0. The quantitative estimate of drug-likeness (QED) is 0.181. The second-order valence-corrected chi connectivity index (χ2v) is 14.6. The molecule has 1 heteroatoms. The van der Waals surface area contributed by atoms with Crippen LogP contribution in [0.4, 0.5) is 5.69 Å². The van der Waals surface area contributed by atoms with E-state index in [0.29, 0.717) is 5.92 Å². The molecule has 1 aliphatic heterocycles. The maximum atomic E-state index is 5.32. The van der Waals surface area contributed by atoms with Crippen molar-refractivity contribution in [1.82, 2.24) is 0 Å². The fraction of sp³-hybridized carbons (Fsp3) is 0.100. The average molecular weight is 650 g/mol. The van der Waals surface area contributed by atoms with Crippen LogP contribution in [0, 0.1) is 0 Å². The Labute approximate surface area is 299 Å². The van der Waals surface area contributed by atoms with E-state index in [0.717, 1.165) is 24.9 Å². The zero-order chi connectivity index (χ0) is 33.5. The van der Waals surface area contributed by atoms with Gasteiger partial charge in [-0.3, -0.25) is 4.99 Å². The predicted octanol–water partition coefficient (Wildman–Crippen LogP) is 12.2. The van der Waals surface area contributed by atoms with Crippen LogP contribution in [-0.2, 0) is 19.3 Å². The molecular formula is C50H35N. The fourth-order valence-corrected chi connectivity index (χ4v) is 9.47. The lowest BCUT2D eigenvalue weighted by molar-refractivity contribution is 0.825. The van der Waals surface area contributed by atoms with E-state index >= 15 is 0 Å². The first-order valence-corrected chi connectivity index (χ1v) is 18.3. The van der Waals surface area contributed by atoms with Crippen molar-refractivity contribution in [3.63, 3.8) is 0 Å². The summed E-state index contributed by atoms with van der Waals surface area (Å²) in [5.41, 5.74) is 24.0. The number of allylic oxidation sites excluding steroid dienone is 1. The highest BCUT2D eigenvalue weighted by molar-refractivity contribution is 6.15. The minimum Gasteiger partial charge on any atom is -0.252 e. The molecule has 0 bridgehead atoms. The number of nitrogens with zero attached hydrogens (tertiary/aromatic N) is 1. The van der Waals surface area contributed by atoms with E-state index in [4.69, 9.17) is 4.99 Å². The SMILES string of the molecule is C(=C1\Cc2ccccc2-c2ccccc21)/c1ccc2c(c1)-c1cc(CC3c4ccccc4-c4ccccc43)ccc1CC1C2=Nc2ccccc21. The largest absolute Gasteiger partial charge is 0.252 e. The van der Waals surface area contributed by atoms with E-state index in [9.17, 15) is 0 Å². The molecule has 1 heterocycles. The van der Waals surface area contributed by atoms with Crippen molar-refractivity contribution < 1.29 is 0 Å². The van der Waals surface area contributed by atoms with Gasteiger partial charge in [0.25, 0.3) is 0 Å². The van der Waals surface area contributed by atoms with Gasteiger partial charge in [0.1, 0.15) is 0 Å². The first kappa shape index (κ1) is 28.8. The summed E-state index contributed by atoms with van der Waals surface area (Å²) in [4.78, 5) is 5.32. The molecule has 1 atom stereocenters. The Morgan fingerprint density at radius 1 is 0.490 bits per heavy atom. The molecule has 0 aromatic heterocycles. The molecule has 0 radical (unpaired) electrons. The highest BCUT2D eigenvalue weighted by Crippen LogP contribution is 2.49. The summed E-state index contributed by atoms with van der Waals surface area (Å²) >= 11 is 0. The third-order valence-corrected chi connectivity index (χ3v) is 11.8. The molecule has 7 aromatic carbocycles. The molecule has 11 rings (SSSR count). The third kappa shape index (κ3) is 4.51. The lowest BCUT2D eigenvalue weighted by atomic mass is 9.81. The number of benzene rings is 7. The zero-order valence-electron chi connectivity index (χ0n) is 28.3. The summed E-state index contributed by atoms with van der Waals surface area (Å²) in [6, 6.07) is 58.9. The number of para-hydroxylation sites is 1. The van der Waals surface area contributed by atoms with E-state index in [-0.39, 0.29) is 5.92 Å². The fourth-order valence-electron chi connectivity index (χ4n) is 9.47. The van der Waals surface area contributed by atoms with E-state index in [1.807, 2.05) is 0 Å². The predicted molar refractivity (Wildman–Crippen MR) is 212 cm³/mol. The number of hydrogen-bond donors (Lipinski definition) is 0. The van der Waals surface area contributed by atoms with Crippen molar-refractivity contribution >= 4 is 23.0 Å². The molecule has 0 N–H and O–H groups in total. The molecule has 240 valence electrons. The van der Waals surface area contributed by atoms with Crippen molar-refractivity contribution in [3.05, 3.63) is 208 Å². The molecule has 1 nitrogen and oxygen atoms in total. The minimum absolute atomic E-state index is 0.256. The standard InChI is InChI=1S/C50H35N/c1-2-12-36-33(11-1)29-35(37-13-3-4-14-38(36)37)25-31-22-24-44-47(27-31)45-26-32(21-23-34(45)30-48-43-19-9-10-20-49(43)51-50(44)48)28-46-41-17-7-5-15-39(41)40-16-6-8-18-42(40)46/h1-27,46,48H,28-30H2/b35-25-. The van der Waals surface area contributed by atoms with Gasteiger partial charge in [0, 0.05) is 17.4 Å². The molecule has 0 spiro atoms. The number of rotatable bonds is 3. The maximum Gasteiger partial charge on any atom is 0.0672 e. The topological polar surface area (TPSA) is 12.4 Å². The Balaban J connectivity index is 1.06. The minimum atomic E-state index is 0.256. The van der Waals surface area contributed by atoms with Gasteiger partial charge in [-0.2, -0.15) is 0 Å². The molecule has 1 unspecified atom stereocenters. The van der Waals surface area contributed by atoms with Crippen molar-refractivity contribution in [3.8, 4) is 33.4 Å². The first-order valence-electron chi connectivity index (χ1n) is 18.3. The molecule has 51 heavy (non-hydrogen) atoms. The van der Waals surface area contributed by atoms with Gasteiger partial charge in [-0.1, -0.05) is 152 Å². The van der Waals surface area contributed by atoms with Crippen molar-refractivity contribution in [2.24, 2.45) is 4.99 Å². The Hall–Kier alpha value is -6.05. The summed E-state index contributed by atoms with van der Waals surface area (Å²) in [5.74, 6) is 0.605. The van der Waals surface area contributed by atoms with Crippen molar-refractivity contribution in [1.29, 1.82) is 0 Å². The van der Waals surface area contributed by atoms with Crippen molar-refractivity contribution in [2.45, 2.75) is 31.1 Å².